The Kier molecular flexibility index (Phi) is 5.41. The summed E-state index contributed by atoms with van der Waals surface area (Å²) >= 11 is 0. The van der Waals surface area contributed by atoms with Crippen molar-refractivity contribution in [2.75, 3.05) is 11.9 Å². The van der Waals surface area contributed by atoms with Crippen molar-refractivity contribution in [3.05, 3.63) is 29.8 Å². The highest BCUT2D eigenvalue weighted by Gasteiger charge is 2.39. The van der Waals surface area contributed by atoms with Gasteiger partial charge < -0.3 is 10.1 Å². The Morgan fingerprint density at radius 1 is 1.24 bits per heavy atom. The van der Waals surface area contributed by atoms with Crippen LogP contribution in [0.5, 0.6) is 0 Å². The second-order valence-corrected chi connectivity index (χ2v) is 5.67. The van der Waals surface area contributed by atoms with Crippen LogP contribution in [0.15, 0.2) is 18.2 Å². The average molecular weight is 299 g/mol. The second kappa shape index (κ2) is 6.65. The molecule has 1 aromatic rings. The number of ether oxygens (including phenoxy) is 1. The highest BCUT2D eigenvalue weighted by Crippen LogP contribution is 2.28. The number of hydrogen-bond acceptors (Lipinski definition) is 3. The first kappa shape index (κ1) is 17.1. The smallest absolute Gasteiger partial charge is 0.319 e. The average Bonchev–Trinajstić information content (AvgIpc) is 2.32. The number of carbonyl (C=O) groups is 2. The van der Waals surface area contributed by atoms with Gasteiger partial charge in [0.1, 0.15) is 5.92 Å². The van der Waals surface area contributed by atoms with Crippen molar-refractivity contribution in [2.24, 2.45) is 11.3 Å². The quantitative estimate of drug-likeness (QED) is 0.686. The zero-order valence-corrected chi connectivity index (χ0v) is 12.5. The number of carbonyl (C=O) groups excluding carboxylic acids is 2. The van der Waals surface area contributed by atoms with E-state index in [4.69, 9.17) is 4.74 Å². The molecule has 21 heavy (non-hydrogen) atoms. The molecular weight excluding hydrogens is 280 g/mol. The van der Waals surface area contributed by atoms with Crippen LogP contribution in [0.3, 0.4) is 0 Å². The van der Waals surface area contributed by atoms with Crippen LogP contribution >= 0.6 is 0 Å². The normalized spacial score (nSPS) is 12.7. The van der Waals surface area contributed by atoms with Crippen molar-refractivity contribution in [1.29, 1.82) is 0 Å². The molecule has 0 aliphatic rings. The van der Waals surface area contributed by atoms with Crippen molar-refractivity contribution in [3.8, 4) is 0 Å². The molecule has 0 saturated heterocycles. The highest BCUT2D eigenvalue weighted by molar-refractivity contribution is 6.05. The second-order valence-electron chi connectivity index (χ2n) is 5.67. The summed E-state index contributed by atoms with van der Waals surface area (Å²) < 4.78 is 30.9. The Morgan fingerprint density at radius 2 is 1.86 bits per heavy atom. The first-order valence-electron chi connectivity index (χ1n) is 6.59. The molecule has 0 saturated carbocycles. The summed E-state index contributed by atoms with van der Waals surface area (Å²) in [6.07, 6.45) is 0. The first-order chi connectivity index (χ1) is 9.66. The maximum absolute atomic E-state index is 13.1. The fraction of sp³-hybridized carbons (Fsp3) is 0.467. The number of nitrogens with one attached hydrogen (secondary N) is 1. The van der Waals surface area contributed by atoms with Gasteiger partial charge >= 0.3 is 5.97 Å². The minimum Gasteiger partial charge on any atom is -0.465 e. The molecule has 4 nitrogen and oxygen atoms in total. The van der Waals surface area contributed by atoms with Crippen LogP contribution in [0, 0.1) is 23.0 Å². The third kappa shape index (κ3) is 4.51. The zero-order chi connectivity index (χ0) is 16.2. The van der Waals surface area contributed by atoms with Gasteiger partial charge in [0, 0.05) is 11.8 Å². The van der Waals surface area contributed by atoms with Gasteiger partial charge in [0.15, 0.2) is 11.6 Å². The Balaban J connectivity index is 2.96. The van der Waals surface area contributed by atoms with Gasteiger partial charge in [-0.2, -0.15) is 0 Å². The van der Waals surface area contributed by atoms with Crippen LogP contribution in [0.1, 0.15) is 27.7 Å². The molecule has 116 valence electrons. The number of hydrogen-bond donors (Lipinski definition) is 1. The van der Waals surface area contributed by atoms with Gasteiger partial charge in [0.05, 0.1) is 6.61 Å². The number of anilines is 1. The summed E-state index contributed by atoms with van der Waals surface area (Å²) in [5.41, 5.74) is -0.591. The molecule has 0 heterocycles. The maximum atomic E-state index is 13.1. The lowest BCUT2D eigenvalue weighted by Crippen LogP contribution is -2.40. The molecule has 0 aliphatic carbocycles. The van der Waals surface area contributed by atoms with E-state index in [0.717, 1.165) is 12.1 Å². The van der Waals surface area contributed by atoms with E-state index in [2.05, 4.69) is 5.32 Å². The third-order valence-corrected chi connectivity index (χ3v) is 2.84. The van der Waals surface area contributed by atoms with E-state index in [1.54, 1.807) is 27.7 Å². The first-order valence-corrected chi connectivity index (χ1v) is 6.59. The van der Waals surface area contributed by atoms with Crippen molar-refractivity contribution in [2.45, 2.75) is 27.7 Å². The highest BCUT2D eigenvalue weighted by atomic mass is 19.2. The van der Waals surface area contributed by atoms with Gasteiger partial charge in [-0.3, -0.25) is 9.59 Å². The number of amides is 1. The lowest BCUT2D eigenvalue weighted by molar-refractivity contribution is -0.155. The molecule has 1 atom stereocenters. The van der Waals surface area contributed by atoms with Crippen molar-refractivity contribution < 1.29 is 23.1 Å². The summed E-state index contributed by atoms with van der Waals surface area (Å²) in [5, 5.41) is 2.41. The van der Waals surface area contributed by atoms with E-state index in [1.165, 1.54) is 6.07 Å². The van der Waals surface area contributed by atoms with Crippen molar-refractivity contribution >= 4 is 17.6 Å². The molecule has 6 heteroatoms. The van der Waals surface area contributed by atoms with Gasteiger partial charge in [0.2, 0.25) is 5.91 Å². The molecule has 0 aliphatic heterocycles. The van der Waals surface area contributed by atoms with Gasteiger partial charge in [-0.15, -0.1) is 0 Å². The van der Waals surface area contributed by atoms with Gasteiger partial charge in [-0.05, 0) is 24.5 Å². The minimum absolute atomic E-state index is 0.0810. The molecule has 1 rings (SSSR count). The third-order valence-electron chi connectivity index (χ3n) is 2.84. The lowest BCUT2D eigenvalue weighted by atomic mass is 9.80. The topological polar surface area (TPSA) is 55.4 Å². The van der Waals surface area contributed by atoms with Crippen LogP contribution in [-0.2, 0) is 14.3 Å². The number of benzene rings is 1. The largest absolute Gasteiger partial charge is 0.465 e. The molecule has 1 N–H and O–H groups in total. The molecule has 1 unspecified atom stereocenters. The number of rotatable bonds is 4. The molecule has 1 amide bonds. The van der Waals surface area contributed by atoms with Gasteiger partial charge in [-0.25, -0.2) is 8.78 Å². The molecule has 0 bridgehead atoms. The van der Waals surface area contributed by atoms with E-state index in [0.29, 0.717) is 0 Å². The molecule has 0 aromatic heterocycles. The molecule has 0 fully saturated rings. The van der Waals surface area contributed by atoms with E-state index >= 15 is 0 Å². The fourth-order valence-corrected chi connectivity index (χ4v) is 1.87. The Hall–Kier alpha value is -1.98. The molecule has 0 spiro atoms. The minimum atomic E-state index is -1.07. The SMILES string of the molecule is CCOC(=O)C(C(=O)Nc1ccc(F)c(F)c1)C(C)(C)C. The number of esters is 1. The van der Waals surface area contributed by atoms with Crippen LogP contribution in [0.25, 0.3) is 0 Å². The zero-order valence-electron chi connectivity index (χ0n) is 12.5. The van der Waals surface area contributed by atoms with E-state index in [1.807, 2.05) is 0 Å². The standard InChI is InChI=1S/C15H19F2NO3/c1-5-21-14(20)12(15(2,3)4)13(19)18-9-6-7-10(16)11(17)8-9/h6-8,12H,5H2,1-4H3,(H,18,19). The van der Waals surface area contributed by atoms with Crippen LogP contribution in [0.4, 0.5) is 14.5 Å². The molecule has 0 radical (unpaired) electrons. The van der Waals surface area contributed by atoms with Crippen LogP contribution in [0.2, 0.25) is 0 Å². The predicted molar refractivity (Wildman–Crippen MR) is 74.6 cm³/mol. The molecule has 1 aromatic carbocycles. The van der Waals surface area contributed by atoms with Crippen molar-refractivity contribution in [3.63, 3.8) is 0 Å². The predicted octanol–water partition coefficient (Wildman–Crippen LogP) is 3.13. The maximum Gasteiger partial charge on any atom is 0.319 e. The van der Waals surface area contributed by atoms with Crippen LogP contribution < -0.4 is 5.32 Å². The lowest BCUT2D eigenvalue weighted by Gasteiger charge is -2.27. The van der Waals surface area contributed by atoms with E-state index in [9.17, 15) is 18.4 Å². The summed E-state index contributed by atoms with van der Waals surface area (Å²) in [6.45, 7) is 6.97. The number of halogens is 2. The Morgan fingerprint density at radius 3 is 2.33 bits per heavy atom. The summed E-state index contributed by atoms with van der Waals surface area (Å²) in [7, 11) is 0. The van der Waals surface area contributed by atoms with Crippen molar-refractivity contribution in [1.82, 2.24) is 0 Å². The van der Waals surface area contributed by atoms with Crippen LogP contribution in [-0.4, -0.2) is 18.5 Å². The Bertz CT molecular complexity index is 538. The van der Waals surface area contributed by atoms with E-state index in [-0.39, 0.29) is 12.3 Å². The fourth-order valence-electron chi connectivity index (χ4n) is 1.87. The summed E-state index contributed by atoms with van der Waals surface area (Å²) in [4.78, 5) is 24.2. The molecular formula is C15H19F2NO3. The summed E-state index contributed by atoms with van der Waals surface area (Å²) in [6, 6.07) is 2.99. The van der Waals surface area contributed by atoms with E-state index < -0.39 is 34.8 Å². The summed E-state index contributed by atoms with van der Waals surface area (Å²) in [5.74, 6) is -4.40. The Labute approximate surface area is 122 Å². The van der Waals surface area contributed by atoms with Gasteiger partial charge in [0.25, 0.3) is 0 Å². The van der Waals surface area contributed by atoms with Gasteiger partial charge in [-0.1, -0.05) is 20.8 Å². The monoisotopic (exact) mass is 299 g/mol.